The molecule has 2 heterocycles. The molecule has 2 aromatic carbocycles. The van der Waals surface area contributed by atoms with Gasteiger partial charge in [-0.25, -0.2) is 18.1 Å². The minimum absolute atomic E-state index is 0.0565. The number of aryl methyl sites for hydroxylation is 2. The summed E-state index contributed by atoms with van der Waals surface area (Å²) in [4.78, 5) is 25.2. The SMILES string of the molecule is COC1CCC(CC(=O)N2Cc3cccc(c3)S(=O)(=O)Nc3nc(cc(-c4c(C)cccc4C)n3)OC[C@H]2CC(C)C)CC1. The molecular weight excluding hydrogens is 576 g/mol. The molecule has 0 radical (unpaired) electrons. The molecule has 9 nitrogen and oxygen atoms in total. The monoisotopic (exact) mass is 620 g/mol. The van der Waals surface area contributed by atoms with Gasteiger partial charge in [0.25, 0.3) is 10.0 Å². The Kier molecular flexibility index (Phi) is 9.90. The lowest BCUT2D eigenvalue weighted by Gasteiger charge is -2.35. The maximum absolute atomic E-state index is 14.1. The molecule has 1 amide bonds. The molecule has 0 unspecified atom stereocenters. The van der Waals surface area contributed by atoms with E-state index >= 15 is 0 Å². The summed E-state index contributed by atoms with van der Waals surface area (Å²) in [6.45, 7) is 8.76. The van der Waals surface area contributed by atoms with Crippen LogP contribution in [-0.2, 0) is 26.1 Å². The Morgan fingerprint density at radius 2 is 1.75 bits per heavy atom. The number of ether oxygens (including phenoxy) is 2. The number of aromatic nitrogens is 2. The lowest BCUT2D eigenvalue weighted by Crippen LogP contribution is -2.44. The van der Waals surface area contributed by atoms with E-state index in [0.717, 1.165) is 54.4 Å². The summed E-state index contributed by atoms with van der Waals surface area (Å²) < 4.78 is 41.6. The number of amides is 1. The number of fused-ring (bicyclic) bond motifs is 4. The number of methoxy groups -OCH3 is 1. The summed E-state index contributed by atoms with van der Waals surface area (Å²) >= 11 is 0. The molecule has 4 bridgehead atoms. The first-order valence-electron chi connectivity index (χ1n) is 15.5. The maximum Gasteiger partial charge on any atom is 0.264 e. The van der Waals surface area contributed by atoms with Crippen LogP contribution in [0.15, 0.2) is 53.4 Å². The first-order valence-corrected chi connectivity index (χ1v) is 17.0. The van der Waals surface area contributed by atoms with Crippen molar-refractivity contribution in [3.05, 3.63) is 65.2 Å². The summed E-state index contributed by atoms with van der Waals surface area (Å²) in [7, 11) is -2.27. The lowest BCUT2D eigenvalue weighted by molar-refractivity contribution is -0.137. The van der Waals surface area contributed by atoms with Gasteiger partial charge in [0.15, 0.2) is 0 Å². The number of nitrogens with one attached hydrogen (secondary N) is 1. The van der Waals surface area contributed by atoms with E-state index in [1.165, 1.54) is 0 Å². The highest BCUT2D eigenvalue weighted by molar-refractivity contribution is 7.92. The van der Waals surface area contributed by atoms with Crippen LogP contribution in [0.25, 0.3) is 11.3 Å². The molecule has 1 aliphatic carbocycles. The Labute approximate surface area is 261 Å². The molecule has 0 saturated heterocycles. The van der Waals surface area contributed by atoms with Crippen molar-refractivity contribution in [2.75, 3.05) is 18.4 Å². The van der Waals surface area contributed by atoms with Crippen LogP contribution in [-0.4, -0.2) is 55.1 Å². The zero-order chi connectivity index (χ0) is 31.4. The topological polar surface area (TPSA) is 111 Å². The molecule has 1 aromatic heterocycles. The van der Waals surface area contributed by atoms with Crippen LogP contribution in [0.5, 0.6) is 5.88 Å². The van der Waals surface area contributed by atoms with E-state index < -0.39 is 10.0 Å². The second-order valence-electron chi connectivity index (χ2n) is 12.6. The van der Waals surface area contributed by atoms with Gasteiger partial charge < -0.3 is 14.4 Å². The average molecular weight is 621 g/mol. The molecular formula is C34H44N4O5S. The fourth-order valence-corrected chi connectivity index (χ4v) is 7.46. The van der Waals surface area contributed by atoms with Crippen LogP contribution in [0.2, 0.25) is 0 Å². The van der Waals surface area contributed by atoms with Gasteiger partial charge in [-0.3, -0.25) is 4.79 Å². The second-order valence-corrected chi connectivity index (χ2v) is 14.3. The van der Waals surface area contributed by atoms with Crippen molar-refractivity contribution in [3.63, 3.8) is 0 Å². The minimum Gasteiger partial charge on any atom is -0.475 e. The molecule has 0 spiro atoms. The fourth-order valence-electron chi connectivity index (χ4n) is 6.45. The molecule has 1 fully saturated rings. The van der Waals surface area contributed by atoms with Crippen LogP contribution in [0.1, 0.15) is 69.1 Å². The van der Waals surface area contributed by atoms with Crippen LogP contribution in [0.3, 0.4) is 0 Å². The zero-order valence-electron chi connectivity index (χ0n) is 26.4. The van der Waals surface area contributed by atoms with Crippen molar-refractivity contribution in [3.8, 4) is 17.1 Å². The predicted molar refractivity (Wildman–Crippen MR) is 171 cm³/mol. The van der Waals surface area contributed by atoms with Crippen molar-refractivity contribution in [2.24, 2.45) is 11.8 Å². The largest absolute Gasteiger partial charge is 0.475 e. The Morgan fingerprint density at radius 1 is 1.05 bits per heavy atom. The van der Waals surface area contributed by atoms with E-state index in [0.29, 0.717) is 24.0 Å². The number of hydrogen-bond acceptors (Lipinski definition) is 7. The third kappa shape index (κ3) is 7.58. The first kappa shape index (κ1) is 31.9. The Bertz CT molecular complexity index is 1560. The highest BCUT2D eigenvalue weighted by atomic mass is 32.2. The Hall–Kier alpha value is -3.50. The van der Waals surface area contributed by atoms with Crippen LogP contribution >= 0.6 is 0 Å². The standard InChI is InChI=1S/C34H44N4O5S/c1-22(2)16-27-21-43-31-19-30(33-23(3)8-6-9-24(33)4)35-34(36-31)37-44(40,41)29-11-7-10-26(17-29)20-38(27)32(39)18-25-12-14-28(42-5)15-13-25/h6-11,17,19,22,25,27-28H,12-16,18,20-21H2,1-5H3,(H,35,36,37)/t25?,27-,28?/m1/s1. The van der Waals surface area contributed by atoms with Gasteiger partial charge in [-0.1, -0.05) is 44.2 Å². The van der Waals surface area contributed by atoms with E-state index in [4.69, 9.17) is 9.47 Å². The highest BCUT2D eigenvalue weighted by Crippen LogP contribution is 2.32. The number of rotatable bonds is 6. The number of carbonyl (C=O) groups is 1. The molecule has 44 heavy (non-hydrogen) atoms. The predicted octanol–water partition coefficient (Wildman–Crippen LogP) is 6.29. The van der Waals surface area contributed by atoms with Crippen molar-refractivity contribution in [2.45, 2.75) is 89.8 Å². The summed E-state index contributed by atoms with van der Waals surface area (Å²) in [6, 6.07) is 14.2. The molecule has 1 saturated carbocycles. The summed E-state index contributed by atoms with van der Waals surface area (Å²) in [5.74, 6) is 0.830. The van der Waals surface area contributed by atoms with Crippen LogP contribution < -0.4 is 9.46 Å². The number of anilines is 1. The third-order valence-electron chi connectivity index (χ3n) is 8.75. The molecule has 2 aliphatic rings. The van der Waals surface area contributed by atoms with Gasteiger partial charge >= 0.3 is 0 Å². The smallest absolute Gasteiger partial charge is 0.264 e. The van der Waals surface area contributed by atoms with E-state index in [-0.39, 0.29) is 47.9 Å². The maximum atomic E-state index is 14.1. The number of hydrogen-bond donors (Lipinski definition) is 1. The number of sulfonamides is 1. The minimum atomic E-state index is -4.02. The normalized spacial score (nSPS) is 21.8. The zero-order valence-corrected chi connectivity index (χ0v) is 27.2. The highest BCUT2D eigenvalue weighted by Gasteiger charge is 2.31. The lowest BCUT2D eigenvalue weighted by atomic mass is 9.84. The molecule has 5 rings (SSSR count). The summed E-state index contributed by atoms with van der Waals surface area (Å²) in [5, 5.41) is 0. The second kappa shape index (κ2) is 13.6. The van der Waals surface area contributed by atoms with Gasteiger partial charge in [-0.15, -0.1) is 0 Å². The Morgan fingerprint density at radius 3 is 2.43 bits per heavy atom. The average Bonchev–Trinajstić information content (AvgIpc) is 2.98. The van der Waals surface area contributed by atoms with Crippen molar-refractivity contribution in [1.29, 1.82) is 0 Å². The molecule has 236 valence electrons. The van der Waals surface area contributed by atoms with Crippen molar-refractivity contribution >= 4 is 21.9 Å². The molecule has 10 heteroatoms. The van der Waals surface area contributed by atoms with Crippen LogP contribution in [0.4, 0.5) is 5.95 Å². The van der Waals surface area contributed by atoms with Gasteiger partial charge in [0.1, 0.15) is 6.61 Å². The van der Waals surface area contributed by atoms with Gasteiger partial charge in [-0.05, 0) is 86.6 Å². The molecule has 1 N–H and O–H groups in total. The molecule has 1 aliphatic heterocycles. The first-order chi connectivity index (χ1) is 21.0. The van der Waals surface area contributed by atoms with E-state index in [9.17, 15) is 13.2 Å². The van der Waals surface area contributed by atoms with Gasteiger partial charge in [-0.2, -0.15) is 4.98 Å². The van der Waals surface area contributed by atoms with Crippen LogP contribution in [0, 0.1) is 25.7 Å². The van der Waals surface area contributed by atoms with E-state index in [2.05, 4.69) is 28.5 Å². The van der Waals surface area contributed by atoms with E-state index in [1.54, 1.807) is 31.4 Å². The van der Waals surface area contributed by atoms with Gasteiger partial charge in [0.2, 0.25) is 17.7 Å². The number of nitrogens with zero attached hydrogens (tertiary/aromatic N) is 3. The summed E-state index contributed by atoms with van der Waals surface area (Å²) in [5.41, 5.74) is 4.20. The Balaban J connectivity index is 1.55. The fraction of sp³-hybridized carbons (Fsp3) is 0.500. The van der Waals surface area contributed by atoms with Crippen molar-refractivity contribution in [1.82, 2.24) is 14.9 Å². The molecule has 3 aromatic rings. The molecule has 1 atom stereocenters. The number of carbonyl (C=O) groups excluding carboxylic acids is 1. The number of benzene rings is 2. The summed E-state index contributed by atoms with van der Waals surface area (Å²) in [6.07, 6.45) is 5.25. The van der Waals surface area contributed by atoms with Gasteiger partial charge in [0, 0.05) is 31.7 Å². The van der Waals surface area contributed by atoms with E-state index in [1.807, 2.05) is 43.0 Å². The van der Waals surface area contributed by atoms with Crippen molar-refractivity contribution < 1.29 is 22.7 Å². The third-order valence-corrected chi connectivity index (χ3v) is 10.1. The van der Waals surface area contributed by atoms with Gasteiger partial charge in [0.05, 0.1) is 22.7 Å². The quantitative estimate of drug-likeness (QED) is 0.345.